The molecule has 0 unspecified atom stereocenters. The van der Waals surface area contributed by atoms with Crippen LogP contribution in [0.1, 0.15) is 6.42 Å². The summed E-state index contributed by atoms with van der Waals surface area (Å²) in [5.74, 6) is 0. The quantitative estimate of drug-likeness (QED) is 0.449. The van der Waals surface area contributed by atoms with Gasteiger partial charge in [-0.3, -0.25) is 0 Å². The summed E-state index contributed by atoms with van der Waals surface area (Å²) in [6, 6.07) is 0. The summed E-state index contributed by atoms with van der Waals surface area (Å²) in [6.45, 7) is 0. The highest BCUT2D eigenvalue weighted by molar-refractivity contribution is 7.46. The minimum absolute atomic E-state index is 0.273. The van der Waals surface area contributed by atoms with Crippen molar-refractivity contribution in [2.75, 3.05) is 12.3 Å². The first-order chi connectivity index (χ1) is 4.13. The molecule has 0 aromatic carbocycles. The van der Waals surface area contributed by atoms with Crippen LogP contribution in [0.2, 0.25) is 0 Å². The minimum atomic E-state index is -1.84. The van der Waals surface area contributed by atoms with Gasteiger partial charge in [0.1, 0.15) is 0 Å². The number of hydrogen-bond donors (Lipinski definition) is 4. The molecule has 0 aliphatic carbocycles. The minimum Gasteiger partial charge on any atom is -0.350 e. The molecule has 9 heavy (non-hydrogen) atoms. The molecule has 0 fully saturated rings. The Balaban J connectivity index is 2.91. The van der Waals surface area contributed by atoms with Gasteiger partial charge in [-0.15, -0.1) is 0 Å². The van der Waals surface area contributed by atoms with Crippen LogP contribution in [-0.2, 0) is 0 Å². The molecule has 0 aliphatic heterocycles. The third kappa shape index (κ3) is 8.70. The Kier molecular flexibility index (Phi) is 5.91. The molecule has 6 heteroatoms. The van der Waals surface area contributed by atoms with Crippen LogP contribution in [0.25, 0.3) is 0 Å². The Labute approximate surface area is 56.0 Å². The van der Waals surface area contributed by atoms with Crippen molar-refractivity contribution in [2.45, 2.75) is 6.42 Å². The summed E-state index contributed by atoms with van der Waals surface area (Å²) in [5, 5.41) is 0. The summed E-state index contributed by atoms with van der Waals surface area (Å²) in [5.41, 5.74) is 0. The molecular formula is C3H10O4P2. The molecule has 0 saturated heterocycles. The zero-order valence-electron chi connectivity index (χ0n) is 4.80. The van der Waals surface area contributed by atoms with E-state index in [2.05, 4.69) is 0 Å². The summed E-state index contributed by atoms with van der Waals surface area (Å²) in [7, 11) is -3.69. The highest BCUT2D eigenvalue weighted by atomic mass is 31.2. The Morgan fingerprint density at radius 2 is 1.11 bits per heavy atom. The van der Waals surface area contributed by atoms with Gasteiger partial charge in [0.2, 0.25) is 0 Å². The van der Waals surface area contributed by atoms with E-state index in [1.807, 2.05) is 0 Å². The van der Waals surface area contributed by atoms with Crippen LogP contribution < -0.4 is 0 Å². The van der Waals surface area contributed by atoms with Crippen molar-refractivity contribution in [3.63, 3.8) is 0 Å². The van der Waals surface area contributed by atoms with Crippen LogP contribution in [0.15, 0.2) is 0 Å². The van der Waals surface area contributed by atoms with Crippen molar-refractivity contribution < 1.29 is 19.6 Å². The van der Waals surface area contributed by atoms with Crippen molar-refractivity contribution in [1.82, 2.24) is 0 Å². The lowest BCUT2D eigenvalue weighted by atomic mass is 10.6. The largest absolute Gasteiger partial charge is 0.350 e. The lowest BCUT2D eigenvalue weighted by Crippen LogP contribution is -1.87. The fraction of sp³-hybridized carbons (Fsp3) is 1.00. The van der Waals surface area contributed by atoms with Gasteiger partial charge in [-0.2, -0.15) is 0 Å². The monoisotopic (exact) mass is 172 g/mol. The number of hydrogen-bond acceptors (Lipinski definition) is 4. The first kappa shape index (κ1) is 9.70. The molecule has 0 saturated carbocycles. The second-order valence-corrected chi connectivity index (χ2v) is 3.93. The van der Waals surface area contributed by atoms with Gasteiger partial charge in [0.15, 0.2) is 16.8 Å². The Morgan fingerprint density at radius 1 is 0.778 bits per heavy atom. The molecule has 0 atom stereocenters. The number of rotatable bonds is 4. The van der Waals surface area contributed by atoms with Gasteiger partial charge in [0.05, 0.1) is 0 Å². The second kappa shape index (κ2) is 5.48. The highest BCUT2D eigenvalue weighted by Gasteiger charge is 2.01. The Hall–Kier alpha value is 0.700. The summed E-state index contributed by atoms with van der Waals surface area (Å²) in [4.78, 5) is 33.3. The van der Waals surface area contributed by atoms with E-state index in [4.69, 9.17) is 19.6 Å². The second-order valence-electron chi connectivity index (χ2n) is 1.55. The molecule has 0 heterocycles. The van der Waals surface area contributed by atoms with Crippen molar-refractivity contribution in [1.29, 1.82) is 0 Å². The lowest BCUT2D eigenvalue weighted by molar-refractivity contribution is 0.474. The fourth-order valence-corrected chi connectivity index (χ4v) is 1.48. The predicted octanol–water partition coefficient (Wildman–Crippen LogP) is -0.0305. The van der Waals surface area contributed by atoms with Gasteiger partial charge in [-0.05, 0) is 6.42 Å². The molecule has 0 radical (unpaired) electrons. The first-order valence-electron chi connectivity index (χ1n) is 2.43. The van der Waals surface area contributed by atoms with Crippen molar-refractivity contribution in [3.8, 4) is 0 Å². The maximum absolute atomic E-state index is 8.33. The molecule has 0 spiro atoms. The van der Waals surface area contributed by atoms with E-state index >= 15 is 0 Å². The van der Waals surface area contributed by atoms with Crippen molar-refractivity contribution in [3.05, 3.63) is 0 Å². The van der Waals surface area contributed by atoms with Crippen LogP contribution in [0.5, 0.6) is 0 Å². The SMILES string of the molecule is OP(O)CCCP(O)O. The van der Waals surface area contributed by atoms with Gasteiger partial charge >= 0.3 is 0 Å². The average Bonchev–Trinajstić information content (AvgIpc) is 1.63. The fourth-order valence-electron chi connectivity index (χ4n) is 0.354. The molecule has 0 bridgehead atoms. The third-order valence-electron chi connectivity index (χ3n) is 0.716. The smallest absolute Gasteiger partial charge is 0.164 e. The van der Waals surface area contributed by atoms with Gasteiger partial charge in [0.25, 0.3) is 0 Å². The van der Waals surface area contributed by atoms with Crippen LogP contribution in [0, 0.1) is 0 Å². The molecule has 0 aromatic rings. The van der Waals surface area contributed by atoms with E-state index in [0.717, 1.165) is 0 Å². The standard InChI is InChI=1S/C3H10O4P2/c4-8(5)2-1-3-9(6)7/h4-7H,1-3H2. The Bertz CT molecular complexity index is 58.8. The first-order valence-corrected chi connectivity index (χ1v) is 5.30. The van der Waals surface area contributed by atoms with Crippen LogP contribution in [0.3, 0.4) is 0 Å². The van der Waals surface area contributed by atoms with E-state index in [-0.39, 0.29) is 12.3 Å². The van der Waals surface area contributed by atoms with Crippen LogP contribution in [-0.4, -0.2) is 31.9 Å². The topological polar surface area (TPSA) is 80.9 Å². The Morgan fingerprint density at radius 3 is 1.33 bits per heavy atom. The normalized spacial score (nSPS) is 11.3. The predicted molar refractivity (Wildman–Crippen MR) is 37.1 cm³/mol. The maximum atomic E-state index is 8.33. The zero-order valence-corrected chi connectivity index (χ0v) is 6.59. The third-order valence-corrected chi connectivity index (χ3v) is 2.15. The average molecular weight is 172 g/mol. The summed E-state index contributed by atoms with van der Waals surface area (Å²) >= 11 is 0. The van der Waals surface area contributed by atoms with Gasteiger partial charge in [0, 0.05) is 12.3 Å². The highest BCUT2D eigenvalue weighted by Crippen LogP contribution is 2.29. The van der Waals surface area contributed by atoms with Gasteiger partial charge < -0.3 is 19.6 Å². The summed E-state index contributed by atoms with van der Waals surface area (Å²) < 4.78 is 0. The lowest BCUT2D eigenvalue weighted by Gasteiger charge is -2.01. The maximum Gasteiger partial charge on any atom is 0.164 e. The molecule has 56 valence electrons. The summed E-state index contributed by atoms with van der Waals surface area (Å²) in [6.07, 6.45) is 1.02. The molecule has 0 aliphatic rings. The van der Waals surface area contributed by atoms with E-state index in [1.165, 1.54) is 0 Å². The van der Waals surface area contributed by atoms with Crippen molar-refractivity contribution in [2.24, 2.45) is 0 Å². The molecular weight excluding hydrogens is 162 g/mol. The molecule has 0 amide bonds. The van der Waals surface area contributed by atoms with Gasteiger partial charge in [-0.1, -0.05) is 0 Å². The van der Waals surface area contributed by atoms with E-state index < -0.39 is 16.8 Å². The van der Waals surface area contributed by atoms with Crippen LogP contribution in [0.4, 0.5) is 0 Å². The molecule has 0 rings (SSSR count). The van der Waals surface area contributed by atoms with E-state index in [1.54, 1.807) is 0 Å². The van der Waals surface area contributed by atoms with Crippen molar-refractivity contribution >= 4 is 16.8 Å². The van der Waals surface area contributed by atoms with Crippen LogP contribution >= 0.6 is 16.8 Å². The van der Waals surface area contributed by atoms with E-state index in [0.29, 0.717) is 6.42 Å². The zero-order chi connectivity index (χ0) is 7.28. The molecule has 4 N–H and O–H groups in total. The molecule has 4 nitrogen and oxygen atoms in total. The van der Waals surface area contributed by atoms with Gasteiger partial charge in [-0.25, -0.2) is 0 Å². The van der Waals surface area contributed by atoms with E-state index in [9.17, 15) is 0 Å². The molecule has 0 aromatic heterocycles.